The molecule has 26 heavy (non-hydrogen) atoms. The largest absolute Gasteiger partial charge is 0.355 e. The van der Waals surface area contributed by atoms with Gasteiger partial charge in [-0.25, -0.2) is 0 Å². The van der Waals surface area contributed by atoms with Gasteiger partial charge >= 0.3 is 0 Å². The fourth-order valence-electron chi connectivity index (χ4n) is 3.24. The molecule has 0 bridgehead atoms. The monoisotopic (exact) mass is 349 g/mol. The molecule has 1 fully saturated rings. The van der Waals surface area contributed by atoms with Gasteiger partial charge < -0.3 is 10.2 Å². The Balaban J connectivity index is 1.33. The molecule has 1 aromatic carbocycles. The molecule has 7 nitrogen and oxygen atoms in total. The molecule has 3 heterocycles. The summed E-state index contributed by atoms with van der Waals surface area (Å²) in [5.74, 6) is 0.373. The summed E-state index contributed by atoms with van der Waals surface area (Å²) in [4.78, 5) is 26.3. The summed E-state index contributed by atoms with van der Waals surface area (Å²) in [6.45, 7) is 0.882. The van der Waals surface area contributed by atoms with Crippen LogP contribution >= 0.6 is 0 Å². The fourth-order valence-corrected chi connectivity index (χ4v) is 3.24. The smallest absolute Gasteiger partial charge is 0.227 e. The molecule has 3 aromatic rings. The van der Waals surface area contributed by atoms with Gasteiger partial charge in [0.2, 0.25) is 11.8 Å². The van der Waals surface area contributed by atoms with E-state index in [1.165, 1.54) is 0 Å². The van der Waals surface area contributed by atoms with Crippen molar-refractivity contribution in [2.24, 2.45) is 5.92 Å². The number of amides is 2. The van der Waals surface area contributed by atoms with E-state index in [4.69, 9.17) is 0 Å². The number of carbonyl (C=O) groups is 2. The first kappa shape index (κ1) is 16.3. The molecule has 2 aromatic heterocycles. The number of aromatic nitrogens is 3. The van der Waals surface area contributed by atoms with Crippen LogP contribution in [0.3, 0.4) is 0 Å². The van der Waals surface area contributed by atoms with Gasteiger partial charge in [-0.1, -0.05) is 24.3 Å². The first-order valence-electron chi connectivity index (χ1n) is 8.64. The number of nitrogens with one attached hydrogen (secondary N) is 1. The molecule has 1 saturated heterocycles. The zero-order valence-corrected chi connectivity index (χ0v) is 14.2. The summed E-state index contributed by atoms with van der Waals surface area (Å²) in [5, 5.41) is 11.2. The number of hydrogen-bond donors (Lipinski definition) is 1. The first-order chi connectivity index (χ1) is 12.7. The van der Waals surface area contributed by atoms with Gasteiger partial charge in [0.1, 0.15) is 5.82 Å². The highest BCUT2D eigenvalue weighted by atomic mass is 16.2. The van der Waals surface area contributed by atoms with Gasteiger partial charge in [0.05, 0.1) is 5.92 Å². The van der Waals surface area contributed by atoms with Crippen LogP contribution in [0.5, 0.6) is 0 Å². The highest BCUT2D eigenvalue weighted by molar-refractivity contribution is 6.00. The quantitative estimate of drug-likeness (QED) is 0.756. The number of pyridine rings is 1. The summed E-state index contributed by atoms with van der Waals surface area (Å²) in [6.07, 6.45) is 2.73. The Morgan fingerprint density at radius 3 is 2.77 bits per heavy atom. The Labute approximate surface area is 150 Å². The van der Waals surface area contributed by atoms with Gasteiger partial charge in [-0.2, -0.15) is 0 Å². The van der Waals surface area contributed by atoms with E-state index >= 15 is 0 Å². The SMILES string of the molecule is O=C(NCCc1nnc2ccccn12)C1CC(=O)N(c2ccccc2)C1. The van der Waals surface area contributed by atoms with Crippen LogP contribution < -0.4 is 10.2 Å². The van der Waals surface area contributed by atoms with Gasteiger partial charge in [-0.05, 0) is 24.3 Å². The predicted octanol–water partition coefficient (Wildman–Crippen LogP) is 1.44. The predicted molar refractivity (Wildman–Crippen MR) is 96.6 cm³/mol. The maximum Gasteiger partial charge on any atom is 0.227 e. The average Bonchev–Trinajstić information content (AvgIpc) is 3.26. The van der Waals surface area contributed by atoms with Gasteiger partial charge in [0.25, 0.3) is 0 Å². The molecule has 1 unspecified atom stereocenters. The van der Waals surface area contributed by atoms with Crippen LogP contribution in [-0.2, 0) is 16.0 Å². The number of nitrogens with zero attached hydrogens (tertiary/aromatic N) is 4. The second-order valence-electron chi connectivity index (χ2n) is 6.33. The maximum absolute atomic E-state index is 12.4. The van der Waals surface area contributed by atoms with E-state index in [2.05, 4.69) is 15.5 Å². The minimum Gasteiger partial charge on any atom is -0.355 e. The van der Waals surface area contributed by atoms with Crippen molar-refractivity contribution in [1.82, 2.24) is 19.9 Å². The second-order valence-corrected chi connectivity index (χ2v) is 6.33. The van der Waals surface area contributed by atoms with Crippen molar-refractivity contribution in [2.75, 3.05) is 18.0 Å². The van der Waals surface area contributed by atoms with Crippen molar-refractivity contribution in [1.29, 1.82) is 0 Å². The van der Waals surface area contributed by atoms with Crippen molar-refractivity contribution >= 4 is 23.1 Å². The van der Waals surface area contributed by atoms with Gasteiger partial charge in [-0.3, -0.25) is 14.0 Å². The Bertz CT molecular complexity index is 937. The molecule has 0 spiro atoms. The van der Waals surface area contributed by atoms with E-state index in [-0.39, 0.29) is 24.2 Å². The molecular formula is C19H19N5O2. The number of rotatable bonds is 5. The topological polar surface area (TPSA) is 79.6 Å². The van der Waals surface area contributed by atoms with E-state index in [1.54, 1.807) is 4.90 Å². The third-order valence-corrected chi connectivity index (χ3v) is 4.60. The lowest BCUT2D eigenvalue weighted by Crippen LogP contribution is -2.34. The maximum atomic E-state index is 12.4. The Morgan fingerprint density at radius 1 is 1.12 bits per heavy atom. The first-order valence-corrected chi connectivity index (χ1v) is 8.64. The van der Waals surface area contributed by atoms with Gasteiger partial charge in [0, 0.05) is 37.8 Å². The minimum atomic E-state index is -0.321. The standard InChI is InChI=1S/C19H19N5O2/c25-18-12-14(13-24(18)15-6-2-1-3-7-15)19(26)20-10-9-17-22-21-16-8-4-5-11-23(16)17/h1-8,11,14H,9-10,12-13H2,(H,20,26). The highest BCUT2D eigenvalue weighted by Gasteiger charge is 2.34. The lowest BCUT2D eigenvalue weighted by molar-refractivity contribution is -0.126. The summed E-state index contributed by atoms with van der Waals surface area (Å²) >= 11 is 0. The van der Waals surface area contributed by atoms with Crippen molar-refractivity contribution in [2.45, 2.75) is 12.8 Å². The van der Waals surface area contributed by atoms with E-state index < -0.39 is 0 Å². The van der Waals surface area contributed by atoms with Crippen molar-refractivity contribution in [3.8, 4) is 0 Å². The molecule has 4 rings (SSSR count). The van der Waals surface area contributed by atoms with Crippen molar-refractivity contribution in [3.63, 3.8) is 0 Å². The van der Waals surface area contributed by atoms with E-state index in [1.807, 2.05) is 59.1 Å². The normalized spacial score (nSPS) is 17.0. The summed E-state index contributed by atoms with van der Waals surface area (Å²) in [6, 6.07) is 15.2. The van der Waals surface area contributed by atoms with Crippen molar-refractivity contribution in [3.05, 3.63) is 60.6 Å². The molecule has 0 aliphatic carbocycles. The van der Waals surface area contributed by atoms with Crippen LogP contribution in [0.2, 0.25) is 0 Å². The Hall–Kier alpha value is -3.22. The molecule has 0 radical (unpaired) electrons. The summed E-state index contributed by atoms with van der Waals surface area (Å²) in [7, 11) is 0. The van der Waals surface area contributed by atoms with Crippen LogP contribution in [0.25, 0.3) is 5.65 Å². The number of benzene rings is 1. The van der Waals surface area contributed by atoms with Crippen LogP contribution in [-0.4, -0.2) is 39.5 Å². The van der Waals surface area contributed by atoms with Gasteiger partial charge in [-0.15, -0.1) is 10.2 Å². The molecule has 1 aliphatic rings. The average molecular weight is 349 g/mol. The lowest BCUT2D eigenvalue weighted by atomic mass is 10.1. The molecule has 1 aliphatic heterocycles. The zero-order valence-electron chi connectivity index (χ0n) is 14.2. The molecule has 1 N–H and O–H groups in total. The third kappa shape index (κ3) is 3.15. The molecular weight excluding hydrogens is 330 g/mol. The lowest BCUT2D eigenvalue weighted by Gasteiger charge is -2.16. The number of para-hydroxylation sites is 1. The molecule has 2 amide bonds. The minimum absolute atomic E-state index is 0.0141. The molecule has 1 atom stereocenters. The fraction of sp³-hybridized carbons (Fsp3) is 0.263. The zero-order chi connectivity index (χ0) is 17.9. The second kappa shape index (κ2) is 6.95. The van der Waals surface area contributed by atoms with Crippen LogP contribution in [0.4, 0.5) is 5.69 Å². The Kier molecular flexibility index (Phi) is 4.35. The Morgan fingerprint density at radius 2 is 1.92 bits per heavy atom. The summed E-state index contributed by atoms with van der Waals surface area (Å²) in [5.41, 5.74) is 1.62. The number of carbonyl (C=O) groups excluding carboxylic acids is 2. The van der Waals surface area contributed by atoms with Crippen LogP contribution in [0.15, 0.2) is 54.7 Å². The number of hydrogen-bond acceptors (Lipinski definition) is 4. The van der Waals surface area contributed by atoms with Crippen molar-refractivity contribution < 1.29 is 9.59 Å². The third-order valence-electron chi connectivity index (χ3n) is 4.60. The number of anilines is 1. The van der Waals surface area contributed by atoms with Crippen LogP contribution in [0.1, 0.15) is 12.2 Å². The highest BCUT2D eigenvalue weighted by Crippen LogP contribution is 2.24. The van der Waals surface area contributed by atoms with Crippen LogP contribution in [0, 0.1) is 5.92 Å². The molecule has 132 valence electrons. The van der Waals surface area contributed by atoms with Gasteiger partial charge in [0.15, 0.2) is 5.65 Å². The van der Waals surface area contributed by atoms with E-state index in [0.29, 0.717) is 19.5 Å². The van der Waals surface area contributed by atoms with E-state index in [9.17, 15) is 9.59 Å². The molecule has 0 saturated carbocycles. The number of fused-ring (bicyclic) bond motifs is 1. The van der Waals surface area contributed by atoms with E-state index in [0.717, 1.165) is 17.2 Å². The molecule has 7 heteroatoms. The summed E-state index contributed by atoms with van der Waals surface area (Å²) < 4.78 is 1.91.